The first-order valence-corrected chi connectivity index (χ1v) is 4.59. The van der Waals surface area contributed by atoms with Gasteiger partial charge in [-0.1, -0.05) is 0 Å². The standard InChI is InChI=1S/C8H13F3N2/c9-8(10,11)5-13-6-1-2-7(13)4-12-3-6/h6-7,12H,1-5H2. The fourth-order valence-electron chi connectivity index (χ4n) is 2.33. The number of halogens is 3. The molecule has 0 aliphatic carbocycles. The van der Waals surface area contributed by atoms with Crippen molar-refractivity contribution >= 4 is 0 Å². The summed E-state index contributed by atoms with van der Waals surface area (Å²) in [6.07, 6.45) is -2.22. The monoisotopic (exact) mass is 194 g/mol. The Morgan fingerprint density at radius 2 is 1.69 bits per heavy atom. The molecule has 2 aliphatic rings. The summed E-state index contributed by atoms with van der Waals surface area (Å²) < 4.78 is 36.5. The molecule has 0 radical (unpaired) electrons. The van der Waals surface area contributed by atoms with Crippen molar-refractivity contribution in [2.24, 2.45) is 0 Å². The smallest absolute Gasteiger partial charge is 0.314 e. The second kappa shape index (κ2) is 3.13. The molecule has 0 amide bonds. The van der Waals surface area contributed by atoms with Crippen molar-refractivity contribution in [2.45, 2.75) is 31.1 Å². The highest BCUT2D eigenvalue weighted by Crippen LogP contribution is 2.30. The van der Waals surface area contributed by atoms with E-state index in [2.05, 4.69) is 5.32 Å². The number of piperazine rings is 1. The predicted octanol–water partition coefficient (Wildman–Crippen LogP) is 0.985. The van der Waals surface area contributed by atoms with Crippen molar-refractivity contribution in [3.8, 4) is 0 Å². The highest BCUT2D eigenvalue weighted by atomic mass is 19.4. The molecule has 0 aromatic heterocycles. The zero-order valence-corrected chi connectivity index (χ0v) is 7.27. The van der Waals surface area contributed by atoms with E-state index in [1.807, 2.05) is 0 Å². The molecule has 2 rings (SSSR count). The van der Waals surface area contributed by atoms with Gasteiger partial charge in [-0.2, -0.15) is 13.2 Å². The van der Waals surface area contributed by atoms with Crippen LogP contribution in [0.2, 0.25) is 0 Å². The number of alkyl halides is 3. The molecular formula is C8H13F3N2. The fraction of sp³-hybridized carbons (Fsp3) is 1.00. The predicted molar refractivity (Wildman–Crippen MR) is 42.4 cm³/mol. The highest BCUT2D eigenvalue weighted by Gasteiger charge is 2.42. The first-order valence-electron chi connectivity index (χ1n) is 4.59. The molecule has 1 N–H and O–H groups in total. The second-order valence-electron chi connectivity index (χ2n) is 3.83. The topological polar surface area (TPSA) is 15.3 Å². The van der Waals surface area contributed by atoms with Crippen LogP contribution in [0.4, 0.5) is 13.2 Å². The van der Waals surface area contributed by atoms with Crippen LogP contribution >= 0.6 is 0 Å². The molecule has 13 heavy (non-hydrogen) atoms. The number of fused-ring (bicyclic) bond motifs is 2. The second-order valence-corrected chi connectivity index (χ2v) is 3.83. The minimum atomic E-state index is -4.04. The molecule has 2 atom stereocenters. The molecule has 0 aromatic rings. The van der Waals surface area contributed by atoms with Crippen molar-refractivity contribution in [2.75, 3.05) is 19.6 Å². The van der Waals surface area contributed by atoms with Gasteiger partial charge in [0, 0.05) is 25.2 Å². The summed E-state index contributed by atoms with van der Waals surface area (Å²) in [4.78, 5) is 1.61. The third-order valence-electron chi connectivity index (χ3n) is 2.89. The van der Waals surface area contributed by atoms with E-state index in [9.17, 15) is 13.2 Å². The molecule has 0 aromatic carbocycles. The van der Waals surface area contributed by atoms with Gasteiger partial charge < -0.3 is 5.32 Å². The lowest BCUT2D eigenvalue weighted by Crippen LogP contribution is -2.54. The van der Waals surface area contributed by atoms with Crippen LogP contribution in [0, 0.1) is 0 Å². The van der Waals surface area contributed by atoms with E-state index in [0.717, 1.165) is 12.8 Å². The van der Waals surface area contributed by atoms with Crippen molar-refractivity contribution < 1.29 is 13.2 Å². The van der Waals surface area contributed by atoms with Gasteiger partial charge in [0.25, 0.3) is 0 Å². The minimum Gasteiger partial charge on any atom is -0.314 e. The molecule has 76 valence electrons. The third kappa shape index (κ3) is 1.96. The third-order valence-corrected chi connectivity index (χ3v) is 2.89. The Balaban J connectivity index is 1.99. The van der Waals surface area contributed by atoms with Gasteiger partial charge in [0.2, 0.25) is 0 Å². The molecule has 2 nitrogen and oxygen atoms in total. The van der Waals surface area contributed by atoms with Gasteiger partial charge in [-0.25, -0.2) is 0 Å². The molecule has 2 bridgehead atoms. The maximum atomic E-state index is 12.2. The van der Waals surface area contributed by atoms with Crippen LogP contribution in [0.5, 0.6) is 0 Å². The van der Waals surface area contributed by atoms with Crippen LogP contribution in [-0.4, -0.2) is 42.8 Å². The van der Waals surface area contributed by atoms with Crippen LogP contribution in [-0.2, 0) is 0 Å². The van der Waals surface area contributed by atoms with E-state index in [1.165, 1.54) is 0 Å². The van der Waals surface area contributed by atoms with Crippen molar-refractivity contribution in [1.82, 2.24) is 10.2 Å². The largest absolute Gasteiger partial charge is 0.401 e. The molecule has 0 spiro atoms. The van der Waals surface area contributed by atoms with Crippen LogP contribution in [0.1, 0.15) is 12.8 Å². The first kappa shape index (κ1) is 9.27. The zero-order valence-electron chi connectivity index (χ0n) is 7.27. The van der Waals surface area contributed by atoms with Gasteiger partial charge in [0.1, 0.15) is 0 Å². The summed E-state index contributed by atoms with van der Waals surface area (Å²) >= 11 is 0. The number of nitrogens with one attached hydrogen (secondary N) is 1. The molecule has 2 aliphatic heterocycles. The average molecular weight is 194 g/mol. The quantitative estimate of drug-likeness (QED) is 0.669. The number of rotatable bonds is 1. The van der Waals surface area contributed by atoms with Gasteiger partial charge in [-0.3, -0.25) is 4.90 Å². The van der Waals surface area contributed by atoms with Crippen LogP contribution in [0.25, 0.3) is 0 Å². The van der Waals surface area contributed by atoms with E-state index >= 15 is 0 Å². The Bertz CT molecular complexity index is 176. The van der Waals surface area contributed by atoms with Crippen molar-refractivity contribution in [3.63, 3.8) is 0 Å². The van der Waals surface area contributed by atoms with Gasteiger partial charge in [0.05, 0.1) is 6.54 Å². The summed E-state index contributed by atoms with van der Waals surface area (Å²) in [7, 11) is 0. The Hall–Kier alpha value is -0.290. The van der Waals surface area contributed by atoms with Crippen LogP contribution in [0.15, 0.2) is 0 Å². The first-order chi connectivity index (χ1) is 6.06. The zero-order chi connectivity index (χ0) is 9.47. The Morgan fingerprint density at radius 1 is 1.15 bits per heavy atom. The molecule has 2 unspecified atom stereocenters. The van der Waals surface area contributed by atoms with Gasteiger partial charge in [0.15, 0.2) is 0 Å². The number of nitrogens with zero attached hydrogens (tertiary/aromatic N) is 1. The average Bonchev–Trinajstić information content (AvgIpc) is 2.29. The maximum absolute atomic E-state index is 12.2. The number of hydrogen-bond acceptors (Lipinski definition) is 2. The Kier molecular flexibility index (Phi) is 2.23. The molecule has 2 fully saturated rings. The molecule has 2 heterocycles. The summed E-state index contributed by atoms with van der Waals surface area (Å²) in [5, 5.41) is 3.15. The van der Waals surface area contributed by atoms with Crippen molar-refractivity contribution in [1.29, 1.82) is 0 Å². The van der Waals surface area contributed by atoms with Gasteiger partial charge in [-0.05, 0) is 12.8 Å². The van der Waals surface area contributed by atoms with Crippen LogP contribution in [0.3, 0.4) is 0 Å². The molecule has 5 heteroatoms. The minimum absolute atomic E-state index is 0.111. The molecule has 2 saturated heterocycles. The van der Waals surface area contributed by atoms with E-state index in [1.54, 1.807) is 4.90 Å². The Morgan fingerprint density at radius 3 is 2.15 bits per heavy atom. The van der Waals surface area contributed by atoms with Gasteiger partial charge in [-0.15, -0.1) is 0 Å². The normalized spacial score (nSPS) is 35.3. The summed E-state index contributed by atoms with van der Waals surface area (Å²) in [6.45, 7) is 0.698. The van der Waals surface area contributed by atoms with E-state index in [0.29, 0.717) is 13.1 Å². The van der Waals surface area contributed by atoms with E-state index in [-0.39, 0.29) is 12.1 Å². The van der Waals surface area contributed by atoms with E-state index in [4.69, 9.17) is 0 Å². The summed E-state index contributed by atoms with van der Waals surface area (Å²) in [5.41, 5.74) is 0. The SMILES string of the molecule is FC(F)(F)CN1C2CCC1CNC2. The van der Waals surface area contributed by atoms with Crippen molar-refractivity contribution in [3.05, 3.63) is 0 Å². The summed E-state index contributed by atoms with van der Waals surface area (Å²) in [5.74, 6) is 0. The highest BCUT2D eigenvalue weighted by molar-refractivity contribution is 4.94. The number of hydrogen-bond donors (Lipinski definition) is 1. The lowest BCUT2D eigenvalue weighted by atomic mass is 10.2. The fourth-order valence-corrected chi connectivity index (χ4v) is 2.33. The lowest BCUT2D eigenvalue weighted by Gasteiger charge is -2.35. The molecular weight excluding hydrogens is 181 g/mol. The maximum Gasteiger partial charge on any atom is 0.401 e. The lowest BCUT2D eigenvalue weighted by molar-refractivity contribution is -0.153. The van der Waals surface area contributed by atoms with E-state index < -0.39 is 12.7 Å². The van der Waals surface area contributed by atoms with Crippen LogP contribution < -0.4 is 5.32 Å². The summed E-state index contributed by atoms with van der Waals surface area (Å²) in [6, 6.07) is 0.223. The Labute approximate surface area is 75.1 Å². The molecule has 0 saturated carbocycles. The van der Waals surface area contributed by atoms with Gasteiger partial charge >= 0.3 is 6.18 Å².